The third-order valence-corrected chi connectivity index (χ3v) is 3.18. The molecule has 5 nitrogen and oxygen atoms in total. The van der Waals surface area contributed by atoms with Crippen molar-refractivity contribution in [2.24, 2.45) is 7.05 Å². The second kappa shape index (κ2) is 4.89. The molecule has 1 heterocycles. The molecule has 0 saturated carbocycles. The van der Waals surface area contributed by atoms with Crippen molar-refractivity contribution in [3.8, 4) is 5.75 Å². The summed E-state index contributed by atoms with van der Waals surface area (Å²) >= 11 is 3.43. The van der Waals surface area contributed by atoms with Crippen LogP contribution < -0.4 is 15.8 Å². The average Bonchev–Trinajstić information content (AvgIpc) is 2.56. The Kier molecular flexibility index (Phi) is 3.47. The Hall–Kier alpha value is -1.69. The van der Waals surface area contributed by atoms with Crippen molar-refractivity contribution < 1.29 is 4.74 Å². The molecule has 0 aliphatic carbocycles. The third-order valence-electron chi connectivity index (χ3n) is 2.68. The fourth-order valence-electron chi connectivity index (χ4n) is 1.73. The molecule has 1 aromatic heterocycles. The molecule has 0 bridgehead atoms. The van der Waals surface area contributed by atoms with Gasteiger partial charge in [-0.3, -0.25) is 4.68 Å². The number of aryl methyl sites for hydroxylation is 2. The van der Waals surface area contributed by atoms with Crippen LogP contribution in [0.3, 0.4) is 0 Å². The van der Waals surface area contributed by atoms with Crippen LogP contribution in [0.25, 0.3) is 0 Å². The lowest BCUT2D eigenvalue weighted by Crippen LogP contribution is -2.02. The number of hydrogen-bond acceptors (Lipinski definition) is 4. The van der Waals surface area contributed by atoms with Gasteiger partial charge < -0.3 is 15.8 Å². The molecule has 96 valence electrons. The van der Waals surface area contributed by atoms with E-state index >= 15 is 0 Å². The van der Waals surface area contributed by atoms with E-state index in [1.54, 1.807) is 11.8 Å². The second-order valence-electron chi connectivity index (χ2n) is 3.94. The van der Waals surface area contributed by atoms with Gasteiger partial charge in [0.25, 0.3) is 0 Å². The van der Waals surface area contributed by atoms with E-state index in [-0.39, 0.29) is 0 Å². The van der Waals surface area contributed by atoms with Gasteiger partial charge in [-0.1, -0.05) is 15.9 Å². The maximum Gasteiger partial charge on any atom is 0.152 e. The minimum Gasteiger partial charge on any atom is -0.495 e. The highest BCUT2D eigenvalue weighted by Crippen LogP contribution is 2.33. The van der Waals surface area contributed by atoms with Crippen LogP contribution in [-0.4, -0.2) is 16.9 Å². The number of halogens is 1. The molecule has 2 rings (SSSR count). The molecule has 3 N–H and O–H groups in total. The third kappa shape index (κ3) is 2.28. The average molecular weight is 311 g/mol. The number of nitrogens with two attached hydrogens (primary N) is 1. The zero-order valence-corrected chi connectivity index (χ0v) is 12.1. The van der Waals surface area contributed by atoms with Gasteiger partial charge in [0.1, 0.15) is 5.75 Å². The zero-order valence-electron chi connectivity index (χ0n) is 10.5. The molecule has 2 aromatic rings. The SMILES string of the molecule is COc1ccc(Br)cc1Nc1c(N)c(C)nn1C. The van der Waals surface area contributed by atoms with Gasteiger partial charge in [-0.2, -0.15) is 5.10 Å². The molecular weight excluding hydrogens is 296 g/mol. The predicted molar refractivity (Wildman–Crippen MR) is 76.3 cm³/mol. The first kappa shape index (κ1) is 12.8. The standard InChI is InChI=1S/C12H15BrN4O/c1-7-11(14)12(17(2)16-7)15-9-6-8(13)4-5-10(9)18-3/h4-6,15H,14H2,1-3H3. The highest BCUT2D eigenvalue weighted by Gasteiger charge is 2.12. The summed E-state index contributed by atoms with van der Waals surface area (Å²) in [6, 6.07) is 5.73. The highest BCUT2D eigenvalue weighted by molar-refractivity contribution is 9.10. The van der Waals surface area contributed by atoms with Crippen LogP contribution in [0.4, 0.5) is 17.2 Å². The van der Waals surface area contributed by atoms with Crippen LogP contribution in [0.5, 0.6) is 5.75 Å². The number of nitrogens with one attached hydrogen (secondary N) is 1. The molecular formula is C12H15BrN4O. The van der Waals surface area contributed by atoms with Crippen molar-refractivity contribution in [1.29, 1.82) is 0 Å². The van der Waals surface area contributed by atoms with E-state index in [4.69, 9.17) is 10.5 Å². The van der Waals surface area contributed by atoms with E-state index in [1.807, 2.05) is 32.2 Å². The number of nitrogen functional groups attached to an aromatic ring is 1. The number of rotatable bonds is 3. The van der Waals surface area contributed by atoms with Gasteiger partial charge in [-0.25, -0.2) is 0 Å². The van der Waals surface area contributed by atoms with Crippen molar-refractivity contribution in [2.45, 2.75) is 6.92 Å². The molecule has 0 radical (unpaired) electrons. The summed E-state index contributed by atoms with van der Waals surface area (Å²) in [7, 11) is 3.47. The Bertz CT molecular complexity index is 580. The van der Waals surface area contributed by atoms with E-state index in [0.29, 0.717) is 5.69 Å². The zero-order chi connectivity index (χ0) is 13.3. The Labute approximate surface area is 114 Å². The van der Waals surface area contributed by atoms with Crippen LogP contribution in [-0.2, 0) is 7.05 Å². The van der Waals surface area contributed by atoms with Gasteiger partial charge >= 0.3 is 0 Å². The number of aromatic nitrogens is 2. The molecule has 0 aliphatic rings. The summed E-state index contributed by atoms with van der Waals surface area (Å²) in [5.41, 5.74) is 8.26. The summed E-state index contributed by atoms with van der Waals surface area (Å²) in [5.74, 6) is 1.50. The minimum atomic E-state index is 0.638. The molecule has 1 aromatic carbocycles. The monoisotopic (exact) mass is 310 g/mol. The molecule has 0 unspecified atom stereocenters. The van der Waals surface area contributed by atoms with Crippen molar-refractivity contribution in [2.75, 3.05) is 18.2 Å². The van der Waals surface area contributed by atoms with Gasteiger partial charge in [-0.05, 0) is 25.1 Å². The number of methoxy groups -OCH3 is 1. The summed E-state index contributed by atoms with van der Waals surface area (Å²) in [6.07, 6.45) is 0. The fourth-order valence-corrected chi connectivity index (χ4v) is 2.09. The fraction of sp³-hybridized carbons (Fsp3) is 0.250. The Morgan fingerprint density at radius 2 is 2.17 bits per heavy atom. The molecule has 0 spiro atoms. The smallest absolute Gasteiger partial charge is 0.152 e. The van der Waals surface area contributed by atoms with Crippen molar-refractivity contribution in [3.63, 3.8) is 0 Å². The molecule has 6 heteroatoms. The van der Waals surface area contributed by atoms with Gasteiger partial charge in [0.2, 0.25) is 0 Å². The van der Waals surface area contributed by atoms with Crippen molar-refractivity contribution in [1.82, 2.24) is 9.78 Å². The second-order valence-corrected chi connectivity index (χ2v) is 4.86. The molecule has 0 amide bonds. The van der Waals surface area contributed by atoms with Gasteiger partial charge in [0.15, 0.2) is 5.82 Å². The first-order chi connectivity index (χ1) is 8.52. The largest absolute Gasteiger partial charge is 0.495 e. The van der Waals surface area contributed by atoms with E-state index in [9.17, 15) is 0 Å². The number of hydrogen-bond donors (Lipinski definition) is 2. The predicted octanol–water partition coefficient (Wildman–Crippen LogP) is 2.83. The highest BCUT2D eigenvalue weighted by atomic mass is 79.9. The van der Waals surface area contributed by atoms with E-state index in [0.717, 1.165) is 27.4 Å². The molecule has 18 heavy (non-hydrogen) atoms. The van der Waals surface area contributed by atoms with E-state index in [1.165, 1.54) is 0 Å². The normalized spacial score (nSPS) is 10.4. The minimum absolute atomic E-state index is 0.638. The van der Waals surface area contributed by atoms with E-state index in [2.05, 4.69) is 26.3 Å². The summed E-state index contributed by atoms with van der Waals surface area (Å²) in [6.45, 7) is 1.87. The Morgan fingerprint density at radius 3 is 2.72 bits per heavy atom. The van der Waals surface area contributed by atoms with Gasteiger partial charge in [0, 0.05) is 11.5 Å². The summed E-state index contributed by atoms with van der Waals surface area (Å²) in [4.78, 5) is 0. The lowest BCUT2D eigenvalue weighted by Gasteiger charge is -2.12. The van der Waals surface area contributed by atoms with Gasteiger partial charge in [-0.15, -0.1) is 0 Å². The Balaban J connectivity index is 2.42. The van der Waals surface area contributed by atoms with Crippen LogP contribution in [0, 0.1) is 6.92 Å². The van der Waals surface area contributed by atoms with Crippen LogP contribution in [0.2, 0.25) is 0 Å². The lowest BCUT2D eigenvalue weighted by atomic mass is 10.3. The topological polar surface area (TPSA) is 65.1 Å². The first-order valence-electron chi connectivity index (χ1n) is 5.42. The maximum absolute atomic E-state index is 5.98. The summed E-state index contributed by atoms with van der Waals surface area (Å²) in [5, 5.41) is 7.50. The molecule has 0 fully saturated rings. The lowest BCUT2D eigenvalue weighted by molar-refractivity contribution is 0.416. The molecule has 0 aliphatic heterocycles. The summed E-state index contributed by atoms with van der Waals surface area (Å²) < 4.78 is 7.98. The number of benzene rings is 1. The maximum atomic E-state index is 5.98. The first-order valence-corrected chi connectivity index (χ1v) is 6.22. The number of anilines is 3. The van der Waals surface area contributed by atoms with Crippen molar-refractivity contribution in [3.05, 3.63) is 28.4 Å². The molecule has 0 atom stereocenters. The van der Waals surface area contributed by atoms with Gasteiger partial charge in [0.05, 0.1) is 24.2 Å². The van der Waals surface area contributed by atoms with Crippen molar-refractivity contribution >= 4 is 33.1 Å². The Morgan fingerprint density at radius 1 is 1.44 bits per heavy atom. The van der Waals surface area contributed by atoms with Crippen LogP contribution >= 0.6 is 15.9 Å². The van der Waals surface area contributed by atoms with Crippen LogP contribution in [0.1, 0.15) is 5.69 Å². The number of nitrogens with zero attached hydrogens (tertiary/aromatic N) is 2. The van der Waals surface area contributed by atoms with E-state index < -0.39 is 0 Å². The molecule has 0 saturated heterocycles. The van der Waals surface area contributed by atoms with Crippen LogP contribution in [0.15, 0.2) is 22.7 Å². The quantitative estimate of drug-likeness (QED) is 0.915. The number of ether oxygens (including phenoxy) is 1.